The SMILES string of the molecule is CCC(C(C)=O)c1nccs1. The Balaban J connectivity index is 2.79. The van der Waals surface area contributed by atoms with Crippen LogP contribution in [0.25, 0.3) is 0 Å². The van der Waals surface area contributed by atoms with Gasteiger partial charge in [-0.05, 0) is 13.3 Å². The summed E-state index contributed by atoms with van der Waals surface area (Å²) in [4.78, 5) is 15.1. The topological polar surface area (TPSA) is 30.0 Å². The monoisotopic (exact) mass is 169 g/mol. The third-order valence-electron chi connectivity index (χ3n) is 1.65. The third kappa shape index (κ3) is 1.87. The summed E-state index contributed by atoms with van der Waals surface area (Å²) < 4.78 is 0. The molecule has 0 amide bonds. The molecule has 1 unspecified atom stereocenters. The van der Waals surface area contributed by atoms with Crippen LogP contribution in [0, 0.1) is 0 Å². The molecule has 1 heterocycles. The van der Waals surface area contributed by atoms with Gasteiger partial charge in [0.2, 0.25) is 0 Å². The van der Waals surface area contributed by atoms with Gasteiger partial charge in [-0.3, -0.25) is 4.79 Å². The van der Waals surface area contributed by atoms with Gasteiger partial charge < -0.3 is 0 Å². The molecule has 0 N–H and O–H groups in total. The van der Waals surface area contributed by atoms with Crippen molar-refractivity contribution in [2.24, 2.45) is 0 Å². The molecule has 1 atom stereocenters. The maximum atomic E-state index is 11.0. The fourth-order valence-electron chi connectivity index (χ4n) is 1.04. The maximum absolute atomic E-state index is 11.0. The molecule has 3 heteroatoms. The lowest BCUT2D eigenvalue weighted by Crippen LogP contribution is -2.06. The molecule has 11 heavy (non-hydrogen) atoms. The summed E-state index contributed by atoms with van der Waals surface area (Å²) in [6.45, 7) is 3.63. The molecule has 0 aliphatic rings. The van der Waals surface area contributed by atoms with Gasteiger partial charge in [-0.25, -0.2) is 4.98 Å². The van der Waals surface area contributed by atoms with E-state index in [4.69, 9.17) is 0 Å². The van der Waals surface area contributed by atoms with Crippen molar-refractivity contribution in [2.45, 2.75) is 26.2 Å². The third-order valence-corrected chi connectivity index (χ3v) is 2.54. The van der Waals surface area contributed by atoms with Crippen LogP contribution in [0.3, 0.4) is 0 Å². The summed E-state index contributed by atoms with van der Waals surface area (Å²) in [5, 5.41) is 2.85. The molecule has 0 spiro atoms. The van der Waals surface area contributed by atoms with E-state index in [0.717, 1.165) is 11.4 Å². The lowest BCUT2D eigenvalue weighted by Gasteiger charge is -2.05. The number of aromatic nitrogens is 1. The minimum atomic E-state index is 0.0231. The van der Waals surface area contributed by atoms with Crippen molar-refractivity contribution in [3.05, 3.63) is 16.6 Å². The predicted molar refractivity (Wildman–Crippen MR) is 45.8 cm³/mol. The van der Waals surface area contributed by atoms with Gasteiger partial charge in [0.25, 0.3) is 0 Å². The molecule has 0 aliphatic heterocycles. The Labute approximate surface area is 70.3 Å². The molecular weight excluding hydrogens is 158 g/mol. The van der Waals surface area contributed by atoms with E-state index in [1.165, 1.54) is 0 Å². The van der Waals surface area contributed by atoms with E-state index in [2.05, 4.69) is 4.98 Å². The molecular formula is C8H11NOS. The Morgan fingerprint density at radius 1 is 1.82 bits per heavy atom. The van der Waals surface area contributed by atoms with E-state index in [9.17, 15) is 4.79 Å². The average Bonchev–Trinajstić information content (AvgIpc) is 2.40. The van der Waals surface area contributed by atoms with Gasteiger partial charge in [0.1, 0.15) is 10.8 Å². The highest BCUT2D eigenvalue weighted by atomic mass is 32.1. The zero-order chi connectivity index (χ0) is 8.27. The van der Waals surface area contributed by atoms with Gasteiger partial charge in [-0.1, -0.05) is 6.92 Å². The molecule has 1 rings (SSSR count). The summed E-state index contributed by atoms with van der Waals surface area (Å²) in [5.74, 6) is 0.234. The number of rotatable bonds is 3. The van der Waals surface area contributed by atoms with Crippen LogP contribution in [0.1, 0.15) is 31.2 Å². The van der Waals surface area contributed by atoms with Crippen molar-refractivity contribution in [3.8, 4) is 0 Å². The Hall–Kier alpha value is -0.700. The fraction of sp³-hybridized carbons (Fsp3) is 0.500. The fourth-order valence-corrected chi connectivity index (χ4v) is 1.92. The molecule has 0 aliphatic carbocycles. The zero-order valence-corrected chi connectivity index (χ0v) is 7.52. The lowest BCUT2D eigenvalue weighted by molar-refractivity contribution is -0.118. The number of nitrogens with zero attached hydrogens (tertiary/aromatic N) is 1. The highest BCUT2D eigenvalue weighted by molar-refractivity contribution is 7.09. The summed E-state index contributed by atoms with van der Waals surface area (Å²) in [7, 11) is 0. The molecule has 0 aromatic carbocycles. The van der Waals surface area contributed by atoms with Crippen LogP contribution in [0.2, 0.25) is 0 Å². The van der Waals surface area contributed by atoms with E-state index in [-0.39, 0.29) is 11.7 Å². The molecule has 0 saturated carbocycles. The van der Waals surface area contributed by atoms with E-state index in [1.807, 2.05) is 12.3 Å². The Morgan fingerprint density at radius 3 is 2.91 bits per heavy atom. The van der Waals surface area contributed by atoms with Gasteiger partial charge in [0.05, 0.1) is 5.92 Å². The van der Waals surface area contributed by atoms with Gasteiger partial charge in [0.15, 0.2) is 0 Å². The van der Waals surface area contributed by atoms with Crippen molar-refractivity contribution in [2.75, 3.05) is 0 Å². The summed E-state index contributed by atoms with van der Waals surface area (Å²) >= 11 is 1.55. The number of hydrogen-bond acceptors (Lipinski definition) is 3. The molecule has 2 nitrogen and oxygen atoms in total. The number of hydrogen-bond donors (Lipinski definition) is 0. The van der Waals surface area contributed by atoms with Gasteiger partial charge >= 0.3 is 0 Å². The second-order valence-corrected chi connectivity index (χ2v) is 3.37. The average molecular weight is 169 g/mol. The standard InChI is InChI=1S/C8H11NOS/c1-3-7(6(2)10)8-9-4-5-11-8/h4-5,7H,3H2,1-2H3. The summed E-state index contributed by atoms with van der Waals surface area (Å²) in [6.07, 6.45) is 2.59. The van der Waals surface area contributed by atoms with Gasteiger partial charge in [0, 0.05) is 11.6 Å². The first-order valence-electron chi connectivity index (χ1n) is 3.65. The first kappa shape index (κ1) is 8.40. The van der Waals surface area contributed by atoms with Crippen LogP contribution >= 0.6 is 11.3 Å². The number of thiazole rings is 1. The van der Waals surface area contributed by atoms with E-state index in [0.29, 0.717) is 0 Å². The molecule has 60 valence electrons. The second-order valence-electron chi connectivity index (χ2n) is 2.44. The van der Waals surface area contributed by atoms with Crippen molar-refractivity contribution >= 4 is 17.1 Å². The van der Waals surface area contributed by atoms with Crippen molar-refractivity contribution in [1.82, 2.24) is 4.98 Å². The van der Waals surface area contributed by atoms with Crippen LogP contribution in [0.4, 0.5) is 0 Å². The predicted octanol–water partition coefficient (Wildman–Crippen LogP) is 2.23. The van der Waals surface area contributed by atoms with E-state index in [1.54, 1.807) is 24.5 Å². The smallest absolute Gasteiger partial charge is 0.139 e. The normalized spacial score (nSPS) is 12.9. The minimum Gasteiger partial charge on any atom is -0.299 e. The highest BCUT2D eigenvalue weighted by Gasteiger charge is 2.15. The maximum Gasteiger partial charge on any atom is 0.139 e. The summed E-state index contributed by atoms with van der Waals surface area (Å²) in [6, 6.07) is 0. The van der Waals surface area contributed by atoms with Crippen LogP contribution in [-0.4, -0.2) is 10.8 Å². The zero-order valence-electron chi connectivity index (χ0n) is 6.70. The first-order chi connectivity index (χ1) is 5.25. The van der Waals surface area contributed by atoms with Crippen LogP contribution in [-0.2, 0) is 4.79 Å². The Morgan fingerprint density at radius 2 is 2.55 bits per heavy atom. The van der Waals surface area contributed by atoms with E-state index >= 15 is 0 Å². The van der Waals surface area contributed by atoms with Gasteiger partial charge in [-0.2, -0.15) is 0 Å². The summed E-state index contributed by atoms with van der Waals surface area (Å²) in [5.41, 5.74) is 0. The first-order valence-corrected chi connectivity index (χ1v) is 4.53. The van der Waals surface area contributed by atoms with Crippen LogP contribution in [0.5, 0.6) is 0 Å². The van der Waals surface area contributed by atoms with Crippen molar-refractivity contribution in [3.63, 3.8) is 0 Å². The number of ketones is 1. The largest absolute Gasteiger partial charge is 0.299 e. The molecule has 1 aromatic rings. The molecule has 0 bridgehead atoms. The second kappa shape index (κ2) is 3.62. The lowest BCUT2D eigenvalue weighted by atomic mass is 10.0. The van der Waals surface area contributed by atoms with E-state index < -0.39 is 0 Å². The number of carbonyl (C=O) groups excluding carboxylic acids is 1. The molecule has 1 aromatic heterocycles. The van der Waals surface area contributed by atoms with Gasteiger partial charge in [-0.15, -0.1) is 11.3 Å². The molecule has 0 radical (unpaired) electrons. The Bertz CT molecular complexity index is 230. The van der Waals surface area contributed by atoms with Crippen molar-refractivity contribution in [1.29, 1.82) is 0 Å². The quantitative estimate of drug-likeness (QED) is 0.694. The molecule has 0 saturated heterocycles. The number of carbonyl (C=O) groups is 1. The van der Waals surface area contributed by atoms with Crippen LogP contribution < -0.4 is 0 Å². The number of Topliss-reactive ketones (excluding diaryl/α,β-unsaturated/α-hetero) is 1. The highest BCUT2D eigenvalue weighted by Crippen LogP contribution is 2.21. The Kier molecular flexibility index (Phi) is 2.76. The molecule has 0 fully saturated rings. The van der Waals surface area contributed by atoms with Crippen molar-refractivity contribution < 1.29 is 4.79 Å². The minimum absolute atomic E-state index is 0.0231. The van der Waals surface area contributed by atoms with Crippen LogP contribution in [0.15, 0.2) is 11.6 Å².